The number of hydrogen-bond acceptors (Lipinski definition) is 9. The lowest BCUT2D eigenvalue weighted by atomic mass is 10.0. The maximum Gasteiger partial charge on any atom is 0.414 e. The Morgan fingerprint density at radius 1 is 1.13 bits per heavy atom. The van der Waals surface area contributed by atoms with Crippen molar-refractivity contribution in [3.05, 3.63) is 45.8 Å². The number of hydrogen-bond donors (Lipinski definition) is 2. The normalized spacial score (nSPS) is 17.6. The Balaban J connectivity index is 1.58. The van der Waals surface area contributed by atoms with Gasteiger partial charge < -0.3 is 14.8 Å². The third-order valence-corrected chi connectivity index (χ3v) is 9.75. The summed E-state index contributed by atoms with van der Waals surface area (Å²) < 4.78 is 37.7. The summed E-state index contributed by atoms with van der Waals surface area (Å²) in [6.45, 7) is 9.87. The van der Waals surface area contributed by atoms with E-state index in [0.29, 0.717) is 24.6 Å². The Morgan fingerprint density at radius 3 is 2.45 bits per heavy atom. The van der Waals surface area contributed by atoms with Crippen LogP contribution in [0.2, 0.25) is 0 Å². The van der Waals surface area contributed by atoms with Gasteiger partial charge in [-0.2, -0.15) is 4.31 Å². The molecule has 0 saturated carbocycles. The summed E-state index contributed by atoms with van der Waals surface area (Å²) in [5.41, 5.74) is 0.589. The Bertz CT molecular complexity index is 1340. The van der Waals surface area contributed by atoms with Crippen molar-refractivity contribution in [1.29, 1.82) is 0 Å². The largest absolute Gasteiger partial charge is 0.450 e. The standard InChI is InChI=1S/C25H32N4O7S2/c1-5-28-12-11-18-19(13-28)37-23(20(18)22(31)27-24(32)36-6-2)26-21(30)16-7-9-17(10-8-16)38(33,34)29-15-35-14-25(29,3)4/h7-10H,5-6,11-15H2,1-4H3,(H,26,30)(H,27,31,32). The minimum absolute atomic E-state index is 0.0350. The molecule has 13 heteroatoms. The maximum atomic E-state index is 13.1. The molecule has 4 rings (SSSR count). The van der Waals surface area contributed by atoms with E-state index in [9.17, 15) is 22.8 Å². The second-order valence-corrected chi connectivity index (χ2v) is 12.6. The number of benzene rings is 1. The molecule has 2 N–H and O–H groups in total. The van der Waals surface area contributed by atoms with Gasteiger partial charge in [0.25, 0.3) is 11.8 Å². The molecule has 0 bridgehead atoms. The molecule has 3 amide bonds. The van der Waals surface area contributed by atoms with Crippen LogP contribution in [0.5, 0.6) is 0 Å². The molecule has 0 atom stereocenters. The van der Waals surface area contributed by atoms with E-state index in [1.54, 1.807) is 20.8 Å². The first-order chi connectivity index (χ1) is 18.0. The highest BCUT2D eigenvalue weighted by molar-refractivity contribution is 7.89. The van der Waals surface area contributed by atoms with Crippen LogP contribution in [-0.2, 0) is 32.5 Å². The number of alkyl carbamates (subject to hydrolysis) is 1. The average molecular weight is 565 g/mol. The van der Waals surface area contributed by atoms with Gasteiger partial charge in [0.15, 0.2) is 0 Å². The van der Waals surface area contributed by atoms with Crippen molar-refractivity contribution >= 4 is 44.3 Å². The predicted molar refractivity (Wildman–Crippen MR) is 142 cm³/mol. The van der Waals surface area contributed by atoms with Gasteiger partial charge in [-0.3, -0.25) is 19.8 Å². The van der Waals surface area contributed by atoms with E-state index in [0.717, 1.165) is 23.5 Å². The summed E-state index contributed by atoms with van der Waals surface area (Å²) in [5, 5.41) is 5.35. The van der Waals surface area contributed by atoms with Gasteiger partial charge in [-0.05, 0) is 63.6 Å². The van der Waals surface area contributed by atoms with E-state index >= 15 is 0 Å². The molecule has 2 aromatic rings. The van der Waals surface area contributed by atoms with E-state index in [1.807, 2.05) is 0 Å². The van der Waals surface area contributed by atoms with Crippen LogP contribution in [0.1, 0.15) is 58.9 Å². The number of nitrogens with one attached hydrogen (secondary N) is 2. The summed E-state index contributed by atoms with van der Waals surface area (Å²) in [7, 11) is -3.81. The zero-order chi connectivity index (χ0) is 27.7. The lowest BCUT2D eigenvalue weighted by molar-refractivity contribution is 0.0924. The number of nitrogens with zero attached hydrogens (tertiary/aromatic N) is 2. The molecule has 0 unspecified atom stereocenters. The topological polar surface area (TPSA) is 134 Å². The van der Waals surface area contributed by atoms with Gasteiger partial charge in [0.1, 0.15) is 11.7 Å². The first kappa shape index (κ1) is 28.2. The number of anilines is 1. The van der Waals surface area contributed by atoms with Crippen LogP contribution in [0.3, 0.4) is 0 Å². The molecule has 2 aliphatic rings. The number of sulfonamides is 1. The highest BCUT2D eigenvalue weighted by Crippen LogP contribution is 2.37. The second-order valence-electron chi connectivity index (χ2n) is 9.62. The van der Waals surface area contributed by atoms with Gasteiger partial charge in [0, 0.05) is 23.5 Å². The van der Waals surface area contributed by atoms with Crippen LogP contribution >= 0.6 is 11.3 Å². The fourth-order valence-electron chi connectivity index (χ4n) is 4.48. The fraction of sp³-hybridized carbons (Fsp3) is 0.480. The molecule has 1 fully saturated rings. The molecule has 3 heterocycles. The minimum Gasteiger partial charge on any atom is -0.450 e. The monoisotopic (exact) mass is 564 g/mol. The summed E-state index contributed by atoms with van der Waals surface area (Å²) in [6.07, 6.45) is -0.256. The predicted octanol–water partition coefficient (Wildman–Crippen LogP) is 3.02. The average Bonchev–Trinajstić information content (AvgIpc) is 3.42. The molecule has 11 nitrogen and oxygen atoms in total. The smallest absolute Gasteiger partial charge is 0.414 e. The van der Waals surface area contributed by atoms with Gasteiger partial charge in [-0.25, -0.2) is 13.2 Å². The van der Waals surface area contributed by atoms with Crippen molar-refractivity contribution in [2.45, 2.75) is 51.1 Å². The van der Waals surface area contributed by atoms with Gasteiger partial charge in [0.05, 0.1) is 29.2 Å². The number of ether oxygens (including phenoxy) is 2. The molecule has 0 spiro atoms. The van der Waals surface area contributed by atoms with E-state index in [2.05, 4.69) is 22.5 Å². The maximum absolute atomic E-state index is 13.1. The third kappa shape index (κ3) is 5.61. The first-order valence-corrected chi connectivity index (χ1v) is 14.6. The summed E-state index contributed by atoms with van der Waals surface area (Å²) in [4.78, 5) is 41.3. The zero-order valence-electron chi connectivity index (χ0n) is 21.8. The summed E-state index contributed by atoms with van der Waals surface area (Å²) in [6, 6.07) is 5.62. The number of rotatable bonds is 7. The van der Waals surface area contributed by atoms with Gasteiger partial charge in [0.2, 0.25) is 10.0 Å². The Kier molecular flexibility index (Phi) is 8.23. The lowest BCUT2D eigenvalue weighted by Crippen LogP contribution is -2.44. The van der Waals surface area contributed by atoms with Crippen molar-refractivity contribution in [2.75, 3.05) is 38.4 Å². The Labute approximate surface area is 226 Å². The molecule has 0 aliphatic carbocycles. The molecular formula is C25H32N4O7S2. The van der Waals surface area contributed by atoms with Gasteiger partial charge in [-0.1, -0.05) is 6.92 Å². The quantitative estimate of drug-likeness (QED) is 0.524. The minimum atomic E-state index is -3.81. The molecule has 1 aromatic heterocycles. The fourth-order valence-corrected chi connectivity index (χ4v) is 7.41. The van der Waals surface area contributed by atoms with Crippen molar-refractivity contribution in [1.82, 2.24) is 14.5 Å². The number of imide groups is 1. The van der Waals surface area contributed by atoms with Crippen molar-refractivity contribution in [3.8, 4) is 0 Å². The van der Waals surface area contributed by atoms with Crippen LogP contribution in [0.4, 0.5) is 9.80 Å². The Hall–Kier alpha value is -2.84. The molecule has 0 radical (unpaired) electrons. The number of thiophene rings is 1. The summed E-state index contributed by atoms with van der Waals surface area (Å²) in [5.74, 6) is -1.15. The number of carbonyl (C=O) groups is 3. The van der Waals surface area contributed by atoms with E-state index in [1.165, 1.54) is 39.9 Å². The van der Waals surface area contributed by atoms with Gasteiger partial charge >= 0.3 is 6.09 Å². The molecule has 1 saturated heterocycles. The highest BCUT2D eigenvalue weighted by Gasteiger charge is 2.42. The molecule has 1 aromatic carbocycles. The first-order valence-electron chi connectivity index (χ1n) is 12.3. The van der Waals surface area contributed by atoms with Gasteiger partial charge in [-0.15, -0.1) is 11.3 Å². The van der Waals surface area contributed by atoms with Crippen molar-refractivity contribution in [3.63, 3.8) is 0 Å². The van der Waals surface area contributed by atoms with Crippen LogP contribution in [0.25, 0.3) is 0 Å². The zero-order valence-corrected chi connectivity index (χ0v) is 23.5. The van der Waals surface area contributed by atoms with Crippen LogP contribution in [0, 0.1) is 0 Å². The summed E-state index contributed by atoms with van der Waals surface area (Å²) >= 11 is 1.29. The van der Waals surface area contributed by atoms with Crippen molar-refractivity contribution < 1.29 is 32.3 Å². The SMILES string of the molecule is CCOC(=O)NC(=O)c1c(NC(=O)c2ccc(S(=O)(=O)N3COCC3(C)C)cc2)sc2c1CCN(CC)C2. The van der Waals surface area contributed by atoms with Crippen LogP contribution in [-0.4, -0.2) is 74.1 Å². The molecule has 206 valence electrons. The van der Waals surface area contributed by atoms with E-state index in [4.69, 9.17) is 9.47 Å². The Morgan fingerprint density at radius 2 is 1.84 bits per heavy atom. The third-order valence-electron chi connectivity index (χ3n) is 6.57. The number of likely N-dealkylation sites (N-methyl/N-ethyl adjacent to an activating group) is 1. The lowest BCUT2D eigenvalue weighted by Gasteiger charge is -2.28. The van der Waals surface area contributed by atoms with E-state index in [-0.39, 0.29) is 29.4 Å². The number of fused-ring (bicyclic) bond motifs is 1. The van der Waals surface area contributed by atoms with Crippen LogP contribution in [0.15, 0.2) is 29.2 Å². The molecular weight excluding hydrogens is 532 g/mol. The van der Waals surface area contributed by atoms with E-state index < -0.39 is 33.5 Å². The number of amides is 3. The highest BCUT2D eigenvalue weighted by atomic mass is 32.2. The second kappa shape index (κ2) is 11.1. The van der Waals surface area contributed by atoms with Crippen LogP contribution < -0.4 is 10.6 Å². The number of carbonyl (C=O) groups excluding carboxylic acids is 3. The molecule has 38 heavy (non-hydrogen) atoms. The van der Waals surface area contributed by atoms with Crippen molar-refractivity contribution in [2.24, 2.45) is 0 Å². The molecule has 2 aliphatic heterocycles.